The molecule has 1 saturated carbocycles. The maximum atomic E-state index is 12.5. The van der Waals surface area contributed by atoms with Crippen LogP contribution in [0.15, 0.2) is 4.99 Å². The number of nitrogens with one attached hydrogen (secondary N) is 3. The maximum absolute atomic E-state index is 12.5. The molecule has 2 saturated heterocycles. The van der Waals surface area contributed by atoms with E-state index in [2.05, 4.69) is 37.8 Å². The first kappa shape index (κ1) is 27.6. The van der Waals surface area contributed by atoms with Gasteiger partial charge < -0.3 is 20.9 Å². The average Bonchev–Trinajstić information content (AvgIpc) is 2.78. The zero-order valence-corrected chi connectivity index (χ0v) is 23.1. The smallest absolute Gasteiger partial charge is 0.223 e. The van der Waals surface area contributed by atoms with Gasteiger partial charge in [0.05, 0.1) is 0 Å². The number of piperidine rings is 2. The summed E-state index contributed by atoms with van der Waals surface area (Å²) in [5, 5.41) is 10.4. The SMILES string of the molecule is CN=C(NCC1(N2CCCCC2)CCN(C)CC1)NC1CCCC(C(=O)NC(C)C)C1.I. The molecular weight excluding hydrogens is 515 g/mol. The van der Waals surface area contributed by atoms with Gasteiger partial charge in [0.1, 0.15) is 0 Å². The topological polar surface area (TPSA) is 72.0 Å². The molecule has 2 unspecified atom stereocenters. The second-order valence-corrected chi connectivity index (χ2v) is 10.4. The van der Waals surface area contributed by atoms with Crippen molar-refractivity contribution in [2.45, 2.75) is 89.3 Å². The summed E-state index contributed by atoms with van der Waals surface area (Å²) in [7, 11) is 4.10. The molecule has 0 aromatic carbocycles. The van der Waals surface area contributed by atoms with Crippen LogP contribution in [0, 0.1) is 5.92 Å². The van der Waals surface area contributed by atoms with Crippen molar-refractivity contribution < 1.29 is 4.79 Å². The summed E-state index contributed by atoms with van der Waals surface area (Å²) in [5.74, 6) is 1.21. The van der Waals surface area contributed by atoms with Crippen LogP contribution in [0.1, 0.15) is 71.6 Å². The Morgan fingerprint density at radius 1 is 1.06 bits per heavy atom. The summed E-state index contributed by atoms with van der Waals surface area (Å²) in [6.07, 6.45) is 10.5. The largest absolute Gasteiger partial charge is 0.355 e. The van der Waals surface area contributed by atoms with E-state index in [1.165, 1.54) is 58.3 Å². The van der Waals surface area contributed by atoms with Gasteiger partial charge >= 0.3 is 0 Å². The highest BCUT2D eigenvalue weighted by molar-refractivity contribution is 14.0. The lowest BCUT2D eigenvalue weighted by Gasteiger charge is -2.50. The minimum absolute atomic E-state index is 0. The van der Waals surface area contributed by atoms with E-state index >= 15 is 0 Å². The van der Waals surface area contributed by atoms with Gasteiger partial charge in [-0.2, -0.15) is 0 Å². The van der Waals surface area contributed by atoms with Gasteiger partial charge in [0.2, 0.25) is 5.91 Å². The van der Waals surface area contributed by atoms with Crippen molar-refractivity contribution >= 4 is 35.8 Å². The number of hydrogen-bond acceptors (Lipinski definition) is 4. The number of nitrogens with zero attached hydrogens (tertiary/aromatic N) is 3. The maximum Gasteiger partial charge on any atom is 0.223 e. The molecule has 2 heterocycles. The van der Waals surface area contributed by atoms with Crippen molar-refractivity contribution in [2.24, 2.45) is 10.9 Å². The third-order valence-corrected chi connectivity index (χ3v) is 7.57. The first-order valence-electron chi connectivity index (χ1n) is 12.6. The highest BCUT2D eigenvalue weighted by Gasteiger charge is 2.39. The Balaban J connectivity index is 0.00000363. The van der Waals surface area contributed by atoms with E-state index in [0.29, 0.717) is 6.04 Å². The quantitative estimate of drug-likeness (QED) is 0.264. The van der Waals surface area contributed by atoms with Crippen LogP contribution in [0.4, 0.5) is 0 Å². The number of carbonyl (C=O) groups excluding carboxylic acids is 1. The third kappa shape index (κ3) is 7.72. The van der Waals surface area contributed by atoms with Crippen LogP contribution in [-0.2, 0) is 4.79 Å². The lowest BCUT2D eigenvalue weighted by atomic mass is 9.84. The van der Waals surface area contributed by atoms with Gasteiger partial charge in [-0.25, -0.2) is 0 Å². The molecule has 1 amide bonds. The summed E-state index contributed by atoms with van der Waals surface area (Å²) in [6.45, 7) is 9.80. The van der Waals surface area contributed by atoms with E-state index < -0.39 is 0 Å². The Kier molecular flexibility index (Phi) is 11.5. The summed E-state index contributed by atoms with van der Waals surface area (Å²) in [5.41, 5.74) is 0.233. The van der Waals surface area contributed by atoms with E-state index in [0.717, 1.165) is 38.2 Å². The first-order valence-corrected chi connectivity index (χ1v) is 12.6. The molecule has 3 fully saturated rings. The van der Waals surface area contributed by atoms with Crippen molar-refractivity contribution in [1.29, 1.82) is 0 Å². The van der Waals surface area contributed by atoms with Gasteiger partial charge in [-0.15, -0.1) is 24.0 Å². The van der Waals surface area contributed by atoms with Crippen molar-refractivity contribution in [3.63, 3.8) is 0 Å². The lowest BCUT2D eigenvalue weighted by molar-refractivity contribution is -0.126. The number of carbonyl (C=O) groups is 1. The molecule has 2 aliphatic heterocycles. The number of aliphatic imine (C=N–C) groups is 1. The van der Waals surface area contributed by atoms with Crippen molar-refractivity contribution in [3.05, 3.63) is 0 Å². The molecule has 0 bridgehead atoms. The molecule has 8 heteroatoms. The zero-order valence-electron chi connectivity index (χ0n) is 20.8. The number of amides is 1. The number of halogens is 1. The predicted molar refractivity (Wildman–Crippen MR) is 144 cm³/mol. The van der Waals surface area contributed by atoms with E-state index in [-0.39, 0.29) is 47.4 Å². The summed E-state index contributed by atoms with van der Waals surface area (Å²) in [4.78, 5) is 22.3. The van der Waals surface area contributed by atoms with Crippen molar-refractivity contribution in [1.82, 2.24) is 25.8 Å². The van der Waals surface area contributed by atoms with Gasteiger partial charge in [0.15, 0.2) is 5.96 Å². The summed E-state index contributed by atoms with van der Waals surface area (Å²) >= 11 is 0. The molecule has 7 nitrogen and oxygen atoms in total. The van der Waals surface area contributed by atoms with Gasteiger partial charge in [0, 0.05) is 37.1 Å². The fraction of sp³-hybridized carbons (Fsp3) is 0.917. The Labute approximate surface area is 212 Å². The predicted octanol–water partition coefficient (Wildman–Crippen LogP) is 2.80. The van der Waals surface area contributed by atoms with Gasteiger partial charge in [0.25, 0.3) is 0 Å². The van der Waals surface area contributed by atoms with Gasteiger partial charge in [-0.3, -0.25) is 14.7 Å². The Morgan fingerprint density at radius 2 is 1.75 bits per heavy atom. The number of likely N-dealkylation sites (tertiary alicyclic amines) is 2. The van der Waals surface area contributed by atoms with Gasteiger partial charge in [-0.05, 0) is 92.0 Å². The molecule has 0 aromatic heterocycles. The molecule has 3 N–H and O–H groups in total. The third-order valence-electron chi connectivity index (χ3n) is 7.57. The molecule has 1 aliphatic carbocycles. The fourth-order valence-electron chi connectivity index (χ4n) is 5.61. The molecule has 3 aliphatic rings. The Morgan fingerprint density at radius 3 is 2.38 bits per heavy atom. The van der Waals surface area contributed by atoms with Gasteiger partial charge in [-0.1, -0.05) is 12.8 Å². The highest BCUT2D eigenvalue weighted by Crippen LogP contribution is 2.31. The van der Waals surface area contributed by atoms with Crippen LogP contribution in [0.3, 0.4) is 0 Å². The molecule has 2 atom stereocenters. The van der Waals surface area contributed by atoms with E-state index in [9.17, 15) is 4.79 Å². The van der Waals surface area contributed by atoms with E-state index in [1.807, 2.05) is 20.9 Å². The molecule has 0 spiro atoms. The van der Waals surface area contributed by atoms with Crippen LogP contribution in [0.2, 0.25) is 0 Å². The number of rotatable bonds is 6. The van der Waals surface area contributed by atoms with Crippen LogP contribution < -0.4 is 16.0 Å². The van der Waals surface area contributed by atoms with Crippen LogP contribution in [0.5, 0.6) is 0 Å². The average molecular weight is 563 g/mol. The number of guanidine groups is 1. The molecule has 32 heavy (non-hydrogen) atoms. The first-order chi connectivity index (χ1) is 14.9. The van der Waals surface area contributed by atoms with E-state index in [4.69, 9.17) is 0 Å². The zero-order chi connectivity index (χ0) is 22.3. The Bertz CT molecular complexity index is 599. The van der Waals surface area contributed by atoms with Crippen LogP contribution >= 0.6 is 24.0 Å². The fourth-order valence-corrected chi connectivity index (χ4v) is 5.61. The second kappa shape index (κ2) is 13.3. The van der Waals surface area contributed by atoms with Crippen LogP contribution in [0.25, 0.3) is 0 Å². The summed E-state index contributed by atoms with van der Waals surface area (Å²) in [6, 6.07) is 0.516. The highest BCUT2D eigenvalue weighted by atomic mass is 127. The van der Waals surface area contributed by atoms with E-state index in [1.54, 1.807) is 0 Å². The van der Waals surface area contributed by atoms with Crippen LogP contribution in [-0.4, -0.2) is 86.1 Å². The standard InChI is InChI=1S/C24H46N6O.HI/c1-19(2)27-22(31)20-9-8-10-21(17-20)28-23(25-3)26-18-24(11-15-29(4)16-12-24)30-13-6-5-7-14-30;/h19-21H,5-18H2,1-4H3,(H,27,31)(H2,25,26,28);1H. The normalized spacial score (nSPS) is 27.5. The van der Waals surface area contributed by atoms with Crippen molar-refractivity contribution in [2.75, 3.05) is 46.8 Å². The summed E-state index contributed by atoms with van der Waals surface area (Å²) < 4.78 is 0. The molecular formula is C24H47IN6O. The molecule has 186 valence electrons. The second-order valence-electron chi connectivity index (χ2n) is 10.4. The minimum Gasteiger partial charge on any atom is -0.355 e. The minimum atomic E-state index is 0. The molecule has 0 aromatic rings. The van der Waals surface area contributed by atoms with Crippen molar-refractivity contribution in [3.8, 4) is 0 Å². The Hall–Kier alpha value is -0.610. The number of hydrogen-bond donors (Lipinski definition) is 3. The lowest BCUT2D eigenvalue weighted by Crippen LogP contribution is -2.62. The monoisotopic (exact) mass is 562 g/mol. The molecule has 3 rings (SSSR count). The molecule has 0 radical (unpaired) electrons.